The highest BCUT2D eigenvalue weighted by molar-refractivity contribution is 6.42. The maximum atomic E-state index is 12.9. The minimum atomic E-state index is 0.0265. The van der Waals surface area contributed by atoms with E-state index in [9.17, 15) is 4.79 Å². The van der Waals surface area contributed by atoms with Crippen LogP contribution in [0.3, 0.4) is 0 Å². The molecule has 1 amide bonds. The lowest BCUT2D eigenvalue weighted by Gasteiger charge is -2.44. The maximum absolute atomic E-state index is 12.9. The third-order valence-electron chi connectivity index (χ3n) is 6.74. The van der Waals surface area contributed by atoms with Crippen molar-refractivity contribution < 1.29 is 9.53 Å². The van der Waals surface area contributed by atoms with E-state index in [1.807, 2.05) is 24.6 Å². The predicted octanol–water partition coefficient (Wildman–Crippen LogP) is 4.10. The van der Waals surface area contributed by atoms with Crippen LogP contribution in [0, 0.1) is 13.8 Å². The highest BCUT2D eigenvalue weighted by Crippen LogP contribution is 2.31. The van der Waals surface area contributed by atoms with Gasteiger partial charge in [0.15, 0.2) is 0 Å². The maximum Gasteiger partial charge on any atom is 0.224 e. The molecule has 31 heavy (non-hydrogen) atoms. The molecule has 2 fully saturated rings. The fourth-order valence-electron chi connectivity index (χ4n) is 4.83. The summed E-state index contributed by atoms with van der Waals surface area (Å²) in [5.74, 6) is 0.0324. The Labute approximate surface area is 193 Å². The number of benzene rings is 1. The molecule has 0 atom stereocenters. The summed E-state index contributed by atoms with van der Waals surface area (Å²) in [4.78, 5) is 15.5. The van der Waals surface area contributed by atoms with Crippen LogP contribution in [0.25, 0.3) is 5.69 Å². The number of ether oxygens (including phenoxy) is 1. The van der Waals surface area contributed by atoms with E-state index in [0.29, 0.717) is 23.0 Å². The third-order valence-corrected chi connectivity index (χ3v) is 7.48. The molecular weight excluding hydrogens is 435 g/mol. The van der Waals surface area contributed by atoms with Crippen molar-refractivity contribution in [3.63, 3.8) is 0 Å². The Bertz CT molecular complexity index is 947. The van der Waals surface area contributed by atoms with E-state index >= 15 is 0 Å². The highest BCUT2D eigenvalue weighted by atomic mass is 35.5. The van der Waals surface area contributed by atoms with Crippen LogP contribution in [-0.4, -0.2) is 59.0 Å². The lowest BCUT2D eigenvalue weighted by atomic mass is 9.88. The van der Waals surface area contributed by atoms with E-state index in [1.54, 1.807) is 12.1 Å². The van der Waals surface area contributed by atoms with Crippen molar-refractivity contribution in [2.75, 3.05) is 32.8 Å². The van der Waals surface area contributed by atoms with Gasteiger partial charge in [-0.25, -0.2) is 4.68 Å². The van der Waals surface area contributed by atoms with E-state index in [4.69, 9.17) is 27.9 Å². The first-order valence-corrected chi connectivity index (χ1v) is 11.8. The van der Waals surface area contributed by atoms with E-state index in [1.165, 1.54) is 12.8 Å². The largest absolute Gasteiger partial charge is 0.381 e. The highest BCUT2D eigenvalue weighted by Gasteiger charge is 2.39. The molecule has 2 aliphatic rings. The van der Waals surface area contributed by atoms with Gasteiger partial charge in [-0.1, -0.05) is 23.2 Å². The summed E-state index contributed by atoms with van der Waals surface area (Å²) >= 11 is 12.2. The molecular formula is C23H30Cl2N4O2. The Balaban J connectivity index is 1.46. The second-order valence-corrected chi connectivity index (χ2v) is 9.46. The normalized spacial score (nSPS) is 19.0. The molecule has 8 heteroatoms. The molecule has 4 rings (SSSR count). The number of amides is 1. The summed E-state index contributed by atoms with van der Waals surface area (Å²) in [5.41, 5.74) is 3.59. The van der Waals surface area contributed by atoms with Crippen LogP contribution < -0.4 is 5.32 Å². The molecule has 3 heterocycles. The average Bonchev–Trinajstić information content (AvgIpc) is 3.40. The molecule has 0 spiro atoms. The number of carbonyl (C=O) groups is 1. The molecule has 0 saturated carbocycles. The molecule has 1 aromatic heterocycles. The number of nitrogens with one attached hydrogen (secondary N) is 1. The van der Waals surface area contributed by atoms with E-state index in [-0.39, 0.29) is 11.4 Å². The van der Waals surface area contributed by atoms with Crippen LogP contribution in [0.1, 0.15) is 42.6 Å². The fraction of sp³-hybridized carbons (Fsp3) is 0.565. The summed E-state index contributed by atoms with van der Waals surface area (Å²) in [5, 5.41) is 8.86. The van der Waals surface area contributed by atoms with Gasteiger partial charge in [0.05, 0.1) is 27.8 Å². The van der Waals surface area contributed by atoms with Crippen molar-refractivity contribution in [2.24, 2.45) is 0 Å². The second kappa shape index (κ2) is 9.49. The van der Waals surface area contributed by atoms with Gasteiger partial charge in [-0.15, -0.1) is 0 Å². The fourth-order valence-corrected chi connectivity index (χ4v) is 5.13. The minimum Gasteiger partial charge on any atom is -0.381 e. The average molecular weight is 465 g/mol. The molecule has 0 bridgehead atoms. The van der Waals surface area contributed by atoms with Crippen LogP contribution >= 0.6 is 23.2 Å². The SMILES string of the molecule is Cc1nn(-c2ccc(Cl)c(Cl)c2)c(C)c1CC(=O)NCC1(N2CCCC2)CCOCC1. The van der Waals surface area contributed by atoms with Crippen molar-refractivity contribution >= 4 is 29.1 Å². The van der Waals surface area contributed by atoms with Gasteiger partial charge >= 0.3 is 0 Å². The number of hydrogen-bond donors (Lipinski definition) is 1. The Morgan fingerprint density at radius 3 is 2.55 bits per heavy atom. The van der Waals surface area contributed by atoms with Crippen LogP contribution in [-0.2, 0) is 16.0 Å². The van der Waals surface area contributed by atoms with Crippen molar-refractivity contribution in [2.45, 2.75) is 51.5 Å². The number of rotatable bonds is 6. The molecule has 2 aromatic rings. The molecule has 1 aromatic carbocycles. The van der Waals surface area contributed by atoms with E-state index < -0.39 is 0 Å². The number of aryl methyl sites for hydroxylation is 1. The summed E-state index contributed by atoms with van der Waals surface area (Å²) in [7, 11) is 0. The molecule has 0 unspecified atom stereocenters. The molecule has 0 aliphatic carbocycles. The van der Waals surface area contributed by atoms with E-state index in [0.717, 1.165) is 61.8 Å². The van der Waals surface area contributed by atoms with Gasteiger partial charge < -0.3 is 10.1 Å². The zero-order chi connectivity index (χ0) is 22.0. The monoisotopic (exact) mass is 464 g/mol. The Morgan fingerprint density at radius 1 is 1.16 bits per heavy atom. The molecule has 6 nitrogen and oxygen atoms in total. The molecule has 0 radical (unpaired) electrons. The van der Waals surface area contributed by atoms with Gasteiger partial charge in [0.25, 0.3) is 0 Å². The summed E-state index contributed by atoms with van der Waals surface area (Å²) < 4.78 is 7.43. The first kappa shape index (κ1) is 22.6. The summed E-state index contributed by atoms with van der Waals surface area (Å²) in [6.07, 6.45) is 4.73. The predicted molar refractivity (Wildman–Crippen MR) is 123 cm³/mol. The van der Waals surface area contributed by atoms with Gasteiger partial charge in [0.1, 0.15) is 0 Å². The molecule has 2 saturated heterocycles. The van der Waals surface area contributed by atoms with Gasteiger partial charge in [0.2, 0.25) is 5.91 Å². The number of hydrogen-bond acceptors (Lipinski definition) is 4. The van der Waals surface area contributed by atoms with Crippen molar-refractivity contribution in [1.29, 1.82) is 0 Å². The molecule has 2 aliphatic heterocycles. The Morgan fingerprint density at radius 2 is 1.87 bits per heavy atom. The quantitative estimate of drug-likeness (QED) is 0.698. The van der Waals surface area contributed by atoms with Crippen molar-refractivity contribution in [3.05, 3.63) is 45.2 Å². The van der Waals surface area contributed by atoms with Gasteiger partial charge in [0, 0.05) is 36.6 Å². The van der Waals surface area contributed by atoms with Crippen LogP contribution in [0.15, 0.2) is 18.2 Å². The topological polar surface area (TPSA) is 59.4 Å². The summed E-state index contributed by atoms with van der Waals surface area (Å²) in [6, 6.07) is 5.42. The molecule has 1 N–H and O–H groups in total. The van der Waals surface area contributed by atoms with Crippen LogP contribution in [0.5, 0.6) is 0 Å². The lowest BCUT2D eigenvalue weighted by molar-refractivity contribution is -0.121. The van der Waals surface area contributed by atoms with Gasteiger partial charge in [-0.05, 0) is 70.8 Å². The number of aromatic nitrogens is 2. The van der Waals surface area contributed by atoms with Gasteiger partial charge in [-0.2, -0.15) is 5.10 Å². The van der Waals surface area contributed by atoms with Crippen molar-refractivity contribution in [3.8, 4) is 5.69 Å². The Hall–Kier alpha value is -1.60. The zero-order valence-electron chi connectivity index (χ0n) is 18.2. The molecule has 168 valence electrons. The smallest absolute Gasteiger partial charge is 0.224 e. The minimum absolute atomic E-state index is 0.0265. The third kappa shape index (κ3) is 4.77. The number of carbonyl (C=O) groups excluding carboxylic acids is 1. The zero-order valence-corrected chi connectivity index (χ0v) is 19.7. The first-order valence-electron chi connectivity index (χ1n) is 11.0. The van der Waals surface area contributed by atoms with Gasteiger partial charge in [-0.3, -0.25) is 9.69 Å². The second-order valence-electron chi connectivity index (χ2n) is 8.64. The standard InChI is InChI=1S/C23H30Cl2N4O2/c1-16-19(17(2)29(27-16)18-5-6-20(24)21(25)13-18)14-22(30)26-15-23(7-11-31-12-8-23)28-9-3-4-10-28/h5-6,13H,3-4,7-12,14-15H2,1-2H3,(H,26,30). The summed E-state index contributed by atoms with van der Waals surface area (Å²) in [6.45, 7) is 8.36. The first-order chi connectivity index (χ1) is 14.9. The number of nitrogens with zero attached hydrogens (tertiary/aromatic N) is 3. The van der Waals surface area contributed by atoms with E-state index in [2.05, 4.69) is 15.3 Å². The number of likely N-dealkylation sites (tertiary alicyclic amines) is 1. The van der Waals surface area contributed by atoms with Crippen LogP contribution in [0.4, 0.5) is 0 Å². The lowest BCUT2D eigenvalue weighted by Crippen LogP contribution is -2.57. The van der Waals surface area contributed by atoms with Crippen molar-refractivity contribution in [1.82, 2.24) is 20.0 Å². The number of halogens is 2. The van der Waals surface area contributed by atoms with Crippen LogP contribution in [0.2, 0.25) is 10.0 Å². The Kier molecular flexibility index (Phi) is 6.92.